The van der Waals surface area contributed by atoms with Crippen molar-refractivity contribution in [3.63, 3.8) is 0 Å². The number of sulfonamides is 1. The molecule has 0 aliphatic carbocycles. The van der Waals surface area contributed by atoms with Gasteiger partial charge in [0.05, 0.1) is 16.6 Å². The Hall–Kier alpha value is -2.50. The fourth-order valence-corrected chi connectivity index (χ4v) is 5.31. The molecule has 132 valence electrons. The highest BCUT2D eigenvalue weighted by Gasteiger charge is 2.36. The minimum atomic E-state index is -3.89. The quantitative estimate of drug-likeness (QED) is 0.676. The first-order valence-electron chi connectivity index (χ1n) is 8.12. The summed E-state index contributed by atoms with van der Waals surface area (Å²) < 4.78 is 28.2. The van der Waals surface area contributed by atoms with Crippen molar-refractivity contribution in [3.05, 3.63) is 77.3 Å². The van der Waals surface area contributed by atoms with Crippen LogP contribution in [0.2, 0.25) is 5.02 Å². The Morgan fingerprint density at radius 3 is 2.50 bits per heavy atom. The van der Waals surface area contributed by atoms with Crippen molar-refractivity contribution < 1.29 is 13.5 Å². The third-order valence-electron chi connectivity index (χ3n) is 4.62. The van der Waals surface area contributed by atoms with Crippen molar-refractivity contribution in [2.24, 2.45) is 0 Å². The van der Waals surface area contributed by atoms with Crippen LogP contribution in [0.4, 0.5) is 5.69 Å². The Morgan fingerprint density at radius 1 is 0.962 bits per heavy atom. The summed E-state index contributed by atoms with van der Waals surface area (Å²) in [6, 6.07) is 18.3. The average molecular weight is 386 g/mol. The van der Waals surface area contributed by atoms with Crippen LogP contribution in [0.3, 0.4) is 0 Å². The molecule has 4 nitrogen and oxygen atoms in total. The van der Waals surface area contributed by atoms with E-state index in [2.05, 4.69) is 0 Å². The minimum absolute atomic E-state index is 0.0367. The van der Waals surface area contributed by atoms with E-state index in [4.69, 9.17) is 11.6 Å². The molecule has 0 unspecified atom stereocenters. The van der Waals surface area contributed by atoms with E-state index in [0.29, 0.717) is 10.7 Å². The molecule has 0 aromatic heterocycles. The Labute approximate surface area is 157 Å². The average Bonchev–Trinajstić information content (AvgIpc) is 2.61. The molecule has 0 fully saturated rings. The number of fused-ring (bicyclic) bond motifs is 3. The van der Waals surface area contributed by atoms with Crippen LogP contribution in [0.1, 0.15) is 18.5 Å². The standard InChI is InChI=1S/C20H16ClNO3S/c1-13-17-7-2-3-8-18(17)19-10-9-14(21)11-20(19)22(13)26(24,25)16-6-4-5-15(23)12-16/h2-13,23H,1H3/t13-/m0/s1. The van der Waals surface area contributed by atoms with Crippen molar-refractivity contribution >= 4 is 27.3 Å². The molecule has 4 rings (SSSR count). The molecule has 1 heterocycles. The molecule has 0 radical (unpaired) electrons. The number of rotatable bonds is 2. The van der Waals surface area contributed by atoms with Crippen molar-refractivity contribution in [1.29, 1.82) is 0 Å². The number of halogens is 1. The van der Waals surface area contributed by atoms with E-state index in [1.165, 1.54) is 28.6 Å². The monoisotopic (exact) mass is 385 g/mol. The largest absolute Gasteiger partial charge is 0.508 e. The maximum absolute atomic E-state index is 13.4. The Kier molecular flexibility index (Phi) is 3.93. The van der Waals surface area contributed by atoms with Gasteiger partial charge in [0.25, 0.3) is 10.0 Å². The fourth-order valence-electron chi connectivity index (χ4n) is 3.45. The van der Waals surface area contributed by atoms with E-state index < -0.39 is 16.1 Å². The fraction of sp³-hybridized carbons (Fsp3) is 0.100. The molecule has 1 atom stereocenters. The first kappa shape index (κ1) is 16.9. The summed E-state index contributed by atoms with van der Waals surface area (Å²) in [5, 5.41) is 10.2. The molecule has 0 spiro atoms. The Balaban J connectivity index is 1.99. The zero-order valence-corrected chi connectivity index (χ0v) is 15.5. The molecule has 1 aliphatic rings. The molecule has 1 aliphatic heterocycles. The van der Waals surface area contributed by atoms with Crippen molar-refractivity contribution in [2.75, 3.05) is 4.31 Å². The van der Waals surface area contributed by atoms with Crippen molar-refractivity contribution in [2.45, 2.75) is 17.9 Å². The number of nitrogens with zero attached hydrogens (tertiary/aromatic N) is 1. The second-order valence-corrected chi connectivity index (χ2v) is 8.47. The number of hydrogen-bond donors (Lipinski definition) is 1. The minimum Gasteiger partial charge on any atom is -0.508 e. The lowest BCUT2D eigenvalue weighted by Crippen LogP contribution is -2.36. The zero-order chi connectivity index (χ0) is 18.5. The molecule has 1 N–H and O–H groups in total. The Morgan fingerprint density at radius 2 is 1.73 bits per heavy atom. The summed E-state index contributed by atoms with van der Waals surface area (Å²) in [7, 11) is -3.89. The van der Waals surface area contributed by atoms with E-state index in [0.717, 1.165) is 16.7 Å². The van der Waals surface area contributed by atoms with Crippen LogP contribution in [0.25, 0.3) is 11.1 Å². The lowest BCUT2D eigenvalue weighted by atomic mass is 9.90. The number of phenols is 1. The normalized spacial score (nSPS) is 16.1. The van der Waals surface area contributed by atoms with Crippen LogP contribution >= 0.6 is 11.6 Å². The lowest BCUT2D eigenvalue weighted by molar-refractivity contribution is 0.473. The van der Waals surface area contributed by atoms with Gasteiger partial charge in [-0.1, -0.05) is 48.0 Å². The van der Waals surface area contributed by atoms with Crippen LogP contribution in [0, 0.1) is 0 Å². The van der Waals surface area contributed by atoms with Crippen LogP contribution in [-0.2, 0) is 10.0 Å². The van der Waals surface area contributed by atoms with E-state index in [-0.39, 0.29) is 10.6 Å². The smallest absolute Gasteiger partial charge is 0.265 e. The predicted octanol–water partition coefficient (Wildman–Crippen LogP) is 4.98. The number of hydrogen-bond acceptors (Lipinski definition) is 3. The summed E-state index contributed by atoms with van der Waals surface area (Å²) >= 11 is 6.18. The molecule has 0 saturated heterocycles. The van der Waals surface area contributed by atoms with Gasteiger partial charge in [-0.05, 0) is 42.3 Å². The van der Waals surface area contributed by atoms with E-state index in [1.807, 2.05) is 37.3 Å². The number of phenolic OH excluding ortho intramolecular Hbond substituents is 1. The predicted molar refractivity (Wildman–Crippen MR) is 103 cm³/mol. The highest BCUT2D eigenvalue weighted by Crippen LogP contribution is 2.47. The maximum Gasteiger partial charge on any atom is 0.265 e. The van der Waals surface area contributed by atoms with E-state index >= 15 is 0 Å². The molecule has 0 saturated carbocycles. The summed E-state index contributed by atoms with van der Waals surface area (Å²) in [5.41, 5.74) is 3.26. The SMILES string of the molecule is C[C@H]1c2ccccc2-c2ccc(Cl)cc2N1S(=O)(=O)c1cccc(O)c1. The van der Waals surface area contributed by atoms with Gasteiger partial charge >= 0.3 is 0 Å². The van der Waals surface area contributed by atoms with Crippen LogP contribution in [0.15, 0.2) is 71.6 Å². The first-order valence-corrected chi connectivity index (χ1v) is 9.94. The number of benzene rings is 3. The summed E-state index contributed by atoms with van der Waals surface area (Å²) in [6.45, 7) is 1.85. The first-order chi connectivity index (χ1) is 12.4. The van der Waals surface area contributed by atoms with Gasteiger partial charge in [-0.25, -0.2) is 8.42 Å². The topological polar surface area (TPSA) is 57.6 Å². The third kappa shape index (κ3) is 2.55. The highest BCUT2D eigenvalue weighted by molar-refractivity contribution is 7.92. The Bertz CT molecular complexity index is 1110. The molecule has 3 aromatic carbocycles. The molecule has 3 aromatic rings. The second-order valence-electron chi connectivity index (χ2n) is 6.22. The summed E-state index contributed by atoms with van der Waals surface area (Å²) in [6.07, 6.45) is 0. The van der Waals surface area contributed by atoms with Gasteiger partial charge in [0.15, 0.2) is 0 Å². The van der Waals surface area contributed by atoms with Crippen LogP contribution < -0.4 is 4.31 Å². The van der Waals surface area contributed by atoms with Gasteiger partial charge < -0.3 is 5.11 Å². The maximum atomic E-state index is 13.4. The van der Waals surface area contributed by atoms with E-state index in [9.17, 15) is 13.5 Å². The molecular weight excluding hydrogens is 370 g/mol. The van der Waals surface area contributed by atoms with Crippen molar-refractivity contribution in [3.8, 4) is 16.9 Å². The molecule has 26 heavy (non-hydrogen) atoms. The lowest BCUT2D eigenvalue weighted by Gasteiger charge is -2.37. The van der Waals surface area contributed by atoms with Gasteiger partial charge in [0.2, 0.25) is 0 Å². The van der Waals surface area contributed by atoms with Gasteiger partial charge in [-0.15, -0.1) is 0 Å². The number of anilines is 1. The van der Waals surface area contributed by atoms with Crippen LogP contribution in [-0.4, -0.2) is 13.5 Å². The van der Waals surface area contributed by atoms with Gasteiger partial charge in [-0.3, -0.25) is 4.31 Å². The van der Waals surface area contributed by atoms with Crippen molar-refractivity contribution in [1.82, 2.24) is 0 Å². The van der Waals surface area contributed by atoms with Crippen LogP contribution in [0.5, 0.6) is 5.75 Å². The van der Waals surface area contributed by atoms with Gasteiger partial charge in [0, 0.05) is 16.7 Å². The second kappa shape index (κ2) is 6.04. The number of aromatic hydroxyl groups is 1. The highest BCUT2D eigenvalue weighted by atomic mass is 35.5. The van der Waals surface area contributed by atoms with E-state index in [1.54, 1.807) is 12.1 Å². The van der Waals surface area contributed by atoms with Gasteiger partial charge in [0.1, 0.15) is 5.75 Å². The molecule has 0 bridgehead atoms. The molecular formula is C20H16ClNO3S. The molecule has 6 heteroatoms. The third-order valence-corrected chi connectivity index (χ3v) is 6.74. The zero-order valence-electron chi connectivity index (χ0n) is 13.9. The summed E-state index contributed by atoms with van der Waals surface area (Å²) in [5.74, 6) is -0.0949. The summed E-state index contributed by atoms with van der Waals surface area (Å²) in [4.78, 5) is 0.0367. The van der Waals surface area contributed by atoms with Gasteiger partial charge in [-0.2, -0.15) is 0 Å². The molecule has 0 amide bonds.